The van der Waals surface area contributed by atoms with E-state index in [4.69, 9.17) is 0 Å². The van der Waals surface area contributed by atoms with Crippen LogP contribution in [0.5, 0.6) is 0 Å². The third kappa shape index (κ3) is 3.23. The zero-order chi connectivity index (χ0) is 12.5. The molecule has 0 aromatic heterocycles. The van der Waals surface area contributed by atoms with E-state index in [0.29, 0.717) is 6.04 Å². The Bertz CT molecular complexity index is 308. The van der Waals surface area contributed by atoms with Gasteiger partial charge in [0.05, 0.1) is 6.04 Å². The highest BCUT2D eigenvalue weighted by Gasteiger charge is 2.39. The number of nitrogens with zero attached hydrogens (tertiary/aromatic N) is 1. The van der Waals surface area contributed by atoms with Gasteiger partial charge in [-0.1, -0.05) is 12.8 Å². The average Bonchev–Trinajstić information content (AvgIpc) is 3.02. The summed E-state index contributed by atoms with van der Waals surface area (Å²) < 4.78 is 0. The molecule has 5 heteroatoms. The second-order valence-electron chi connectivity index (χ2n) is 6.30. The number of rotatable bonds is 3. The van der Waals surface area contributed by atoms with Crippen molar-refractivity contribution in [3.63, 3.8) is 0 Å². The monoisotopic (exact) mass is 287 g/mol. The number of amides is 1. The van der Waals surface area contributed by atoms with Gasteiger partial charge in [-0.2, -0.15) is 0 Å². The maximum Gasteiger partial charge on any atom is 0.237 e. The largest absolute Gasteiger partial charge is 0.352 e. The Morgan fingerprint density at radius 3 is 2.37 bits per heavy atom. The molecule has 4 nitrogen and oxygen atoms in total. The van der Waals surface area contributed by atoms with Crippen molar-refractivity contribution in [2.75, 3.05) is 26.2 Å². The zero-order valence-electron chi connectivity index (χ0n) is 11.7. The third-order valence-electron chi connectivity index (χ3n) is 5.05. The molecule has 0 radical (unpaired) electrons. The smallest absolute Gasteiger partial charge is 0.237 e. The van der Waals surface area contributed by atoms with Gasteiger partial charge in [-0.25, -0.2) is 0 Å². The Hall–Kier alpha value is -0.320. The van der Waals surface area contributed by atoms with Gasteiger partial charge in [-0.3, -0.25) is 9.69 Å². The quantitative estimate of drug-likeness (QED) is 0.814. The van der Waals surface area contributed by atoms with E-state index in [2.05, 4.69) is 22.5 Å². The number of halogens is 1. The minimum absolute atomic E-state index is 0. The molecule has 2 N–H and O–H groups in total. The highest BCUT2D eigenvalue weighted by Crippen LogP contribution is 2.27. The summed E-state index contributed by atoms with van der Waals surface area (Å²) in [7, 11) is 0. The van der Waals surface area contributed by atoms with Crippen LogP contribution in [0, 0.1) is 11.8 Å². The van der Waals surface area contributed by atoms with E-state index < -0.39 is 0 Å². The first-order valence-electron chi connectivity index (χ1n) is 7.49. The van der Waals surface area contributed by atoms with Crippen molar-refractivity contribution in [1.29, 1.82) is 0 Å². The first-order valence-corrected chi connectivity index (χ1v) is 7.49. The number of likely N-dealkylation sites (tertiary alicyclic amines) is 1. The average molecular weight is 288 g/mol. The van der Waals surface area contributed by atoms with Crippen molar-refractivity contribution in [2.45, 2.75) is 44.7 Å². The lowest BCUT2D eigenvalue weighted by Crippen LogP contribution is -2.47. The lowest BCUT2D eigenvalue weighted by molar-refractivity contribution is -0.126. The summed E-state index contributed by atoms with van der Waals surface area (Å²) in [6.45, 7) is 6.53. The van der Waals surface area contributed by atoms with E-state index in [9.17, 15) is 4.79 Å². The molecule has 19 heavy (non-hydrogen) atoms. The summed E-state index contributed by atoms with van der Waals surface area (Å²) in [6, 6.07) is 0.500. The fourth-order valence-corrected chi connectivity index (χ4v) is 3.77. The summed E-state index contributed by atoms with van der Waals surface area (Å²) in [6.07, 6.45) is 4.90. The molecule has 1 amide bonds. The first-order chi connectivity index (χ1) is 8.74. The van der Waals surface area contributed by atoms with Gasteiger partial charge in [0, 0.05) is 19.1 Å². The fraction of sp³-hybridized carbons (Fsp3) is 0.929. The SMILES string of the molecule is CC(C(=O)NC1CCCC1)N1C[C@H]2CNC[C@H]2C1.Cl. The van der Waals surface area contributed by atoms with E-state index in [0.717, 1.165) is 38.0 Å². The summed E-state index contributed by atoms with van der Waals surface area (Å²) in [4.78, 5) is 14.6. The highest BCUT2D eigenvalue weighted by atomic mass is 35.5. The number of hydrogen-bond donors (Lipinski definition) is 2. The van der Waals surface area contributed by atoms with Crippen molar-refractivity contribution in [1.82, 2.24) is 15.5 Å². The Labute approximate surface area is 122 Å². The molecule has 0 spiro atoms. The van der Waals surface area contributed by atoms with Crippen LogP contribution >= 0.6 is 12.4 Å². The van der Waals surface area contributed by atoms with Crippen LogP contribution in [0.2, 0.25) is 0 Å². The van der Waals surface area contributed by atoms with Crippen molar-refractivity contribution in [3.8, 4) is 0 Å². The van der Waals surface area contributed by atoms with Crippen LogP contribution in [0.1, 0.15) is 32.6 Å². The summed E-state index contributed by atoms with van der Waals surface area (Å²) in [5.74, 6) is 1.79. The summed E-state index contributed by atoms with van der Waals surface area (Å²) in [5, 5.41) is 6.67. The Kier molecular flexibility index (Phi) is 5.09. The van der Waals surface area contributed by atoms with Gasteiger partial charge in [0.25, 0.3) is 0 Å². The normalized spacial score (nSPS) is 32.9. The molecule has 110 valence electrons. The lowest BCUT2D eigenvalue weighted by atomic mass is 10.0. The first kappa shape index (κ1) is 15.1. The molecule has 2 heterocycles. The molecule has 3 atom stereocenters. The Morgan fingerprint density at radius 1 is 1.21 bits per heavy atom. The zero-order valence-corrected chi connectivity index (χ0v) is 12.5. The number of hydrogen-bond acceptors (Lipinski definition) is 3. The molecule has 1 aliphatic carbocycles. The molecular formula is C14H26ClN3O. The maximum absolute atomic E-state index is 12.2. The molecule has 0 aromatic carbocycles. The van der Waals surface area contributed by atoms with Gasteiger partial charge in [0.2, 0.25) is 5.91 Å². The summed E-state index contributed by atoms with van der Waals surface area (Å²) >= 11 is 0. The molecule has 1 saturated carbocycles. The van der Waals surface area contributed by atoms with E-state index in [1.54, 1.807) is 0 Å². The van der Waals surface area contributed by atoms with Gasteiger partial charge in [0.15, 0.2) is 0 Å². The second kappa shape index (κ2) is 6.42. The Balaban J connectivity index is 0.00000133. The van der Waals surface area contributed by atoms with E-state index in [1.165, 1.54) is 25.7 Å². The van der Waals surface area contributed by atoms with Crippen LogP contribution in [0.3, 0.4) is 0 Å². The lowest BCUT2D eigenvalue weighted by Gasteiger charge is -2.25. The van der Waals surface area contributed by atoms with Gasteiger partial charge in [-0.15, -0.1) is 12.4 Å². The van der Waals surface area contributed by atoms with Gasteiger partial charge in [-0.05, 0) is 44.7 Å². The number of fused-ring (bicyclic) bond motifs is 1. The van der Waals surface area contributed by atoms with Crippen molar-refractivity contribution in [3.05, 3.63) is 0 Å². The van der Waals surface area contributed by atoms with Crippen LogP contribution in [0.4, 0.5) is 0 Å². The molecular weight excluding hydrogens is 262 g/mol. The van der Waals surface area contributed by atoms with Crippen LogP contribution in [-0.4, -0.2) is 49.1 Å². The minimum atomic E-state index is 0. The minimum Gasteiger partial charge on any atom is -0.352 e. The van der Waals surface area contributed by atoms with Crippen LogP contribution in [-0.2, 0) is 4.79 Å². The predicted octanol–water partition coefficient (Wildman–Crippen LogP) is 1.01. The maximum atomic E-state index is 12.2. The van der Waals surface area contributed by atoms with E-state index in [-0.39, 0.29) is 24.4 Å². The molecule has 2 aliphatic heterocycles. The fourth-order valence-electron chi connectivity index (χ4n) is 3.77. The van der Waals surface area contributed by atoms with Crippen LogP contribution in [0.15, 0.2) is 0 Å². The number of nitrogens with one attached hydrogen (secondary N) is 2. The van der Waals surface area contributed by atoms with Crippen molar-refractivity contribution in [2.24, 2.45) is 11.8 Å². The predicted molar refractivity (Wildman–Crippen MR) is 78.5 cm³/mol. The van der Waals surface area contributed by atoms with Crippen molar-refractivity contribution >= 4 is 18.3 Å². The molecule has 0 aromatic rings. The molecule has 3 fully saturated rings. The highest BCUT2D eigenvalue weighted by molar-refractivity contribution is 5.85. The van der Waals surface area contributed by atoms with Gasteiger partial charge in [0.1, 0.15) is 0 Å². The topological polar surface area (TPSA) is 44.4 Å². The van der Waals surface area contributed by atoms with Crippen LogP contribution < -0.4 is 10.6 Å². The Morgan fingerprint density at radius 2 is 1.79 bits per heavy atom. The number of carbonyl (C=O) groups excluding carboxylic acids is 1. The molecule has 3 rings (SSSR count). The molecule has 1 unspecified atom stereocenters. The molecule has 0 bridgehead atoms. The summed E-state index contributed by atoms with van der Waals surface area (Å²) in [5.41, 5.74) is 0. The van der Waals surface area contributed by atoms with Gasteiger partial charge >= 0.3 is 0 Å². The van der Waals surface area contributed by atoms with Crippen LogP contribution in [0.25, 0.3) is 0 Å². The van der Waals surface area contributed by atoms with Crippen molar-refractivity contribution < 1.29 is 4.79 Å². The third-order valence-corrected chi connectivity index (χ3v) is 5.05. The second-order valence-corrected chi connectivity index (χ2v) is 6.30. The van der Waals surface area contributed by atoms with Gasteiger partial charge < -0.3 is 10.6 Å². The standard InChI is InChI=1S/C14H25N3O.ClH/c1-10(14(18)16-13-4-2-3-5-13)17-8-11-6-15-7-12(11)9-17;/h10-13,15H,2-9H2,1H3,(H,16,18);1H/t10?,11-,12+;. The number of carbonyl (C=O) groups is 1. The van der Waals surface area contributed by atoms with E-state index in [1.807, 2.05) is 0 Å². The molecule has 3 aliphatic rings. The van der Waals surface area contributed by atoms with E-state index >= 15 is 0 Å². The molecule has 2 saturated heterocycles.